The van der Waals surface area contributed by atoms with Gasteiger partial charge in [0.2, 0.25) is 0 Å². The van der Waals surface area contributed by atoms with Crippen molar-refractivity contribution < 1.29 is 4.79 Å². The summed E-state index contributed by atoms with van der Waals surface area (Å²) in [5, 5.41) is 8.51. The van der Waals surface area contributed by atoms with Crippen LogP contribution in [0.2, 0.25) is 5.02 Å². The van der Waals surface area contributed by atoms with Gasteiger partial charge in [-0.2, -0.15) is 5.10 Å². The summed E-state index contributed by atoms with van der Waals surface area (Å²) in [5.41, 5.74) is 3.39. The van der Waals surface area contributed by atoms with E-state index in [1.54, 1.807) is 10.9 Å². The fourth-order valence-electron chi connectivity index (χ4n) is 3.05. The number of rotatable bonds is 4. The first kappa shape index (κ1) is 16.4. The highest BCUT2D eigenvalue weighted by Crippen LogP contribution is 2.29. The molecule has 5 nitrogen and oxygen atoms in total. The first-order valence-electron chi connectivity index (χ1n) is 8.25. The third kappa shape index (κ3) is 2.86. The molecule has 6 heteroatoms. The van der Waals surface area contributed by atoms with Gasteiger partial charge in [-0.15, -0.1) is 0 Å². The van der Waals surface area contributed by atoms with E-state index in [-0.39, 0.29) is 5.91 Å². The monoisotopic (exact) mass is 364 g/mol. The van der Waals surface area contributed by atoms with Crippen molar-refractivity contribution in [1.82, 2.24) is 19.7 Å². The molecule has 2 heterocycles. The highest BCUT2D eigenvalue weighted by molar-refractivity contribution is 6.38. The molecule has 1 amide bonds. The summed E-state index contributed by atoms with van der Waals surface area (Å²) < 4.78 is 3.62. The maximum atomic E-state index is 12.7. The number of aryl methyl sites for hydroxylation is 1. The summed E-state index contributed by atoms with van der Waals surface area (Å²) in [4.78, 5) is 12.7. The van der Waals surface area contributed by atoms with Crippen molar-refractivity contribution in [1.29, 1.82) is 0 Å². The van der Waals surface area contributed by atoms with Gasteiger partial charge in [0.1, 0.15) is 5.69 Å². The summed E-state index contributed by atoms with van der Waals surface area (Å²) >= 11 is 6.43. The van der Waals surface area contributed by atoms with E-state index in [0.29, 0.717) is 17.3 Å². The number of nitrogens with one attached hydrogen (secondary N) is 1. The summed E-state index contributed by atoms with van der Waals surface area (Å²) in [5.74, 6) is -0.190. The van der Waals surface area contributed by atoms with E-state index in [4.69, 9.17) is 11.6 Å². The van der Waals surface area contributed by atoms with Gasteiger partial charge in [-0.3, -0.25) is 4.79 Å². The molecule has 26 heavy (non-hydrogen) atoms. The first-order valence-corrected chi connectivity index (χ1v) is 8.63. The van der Waals surface area contributed by atoms with Gasteiger partial charge in [0.25, 0.3) is 5.91 Å². The molecule has 0 aliphatic heterocycles. The number of nitrogens with zero attached hydrogens (tertiary/aromatic N) is 3. The second-order valence-electron chi connectivity index (χ2n) is 6.04. The lowest BCUT2D eigenvalue weighted by molar-refractivity contribution is 0.0943. The molecular weight excluding hydrogens is 348 g/mol. The Bertz CT molecular complexity index is 1030. The zero-order valence-electron chi connectivity index (χ0n) is 14.2. The third-order valence-electron chi connectivity index (χ3n) is 4.42. The molecule has 0 unspecified atom stereocenters. The molecule has 0 spiro atoms. The Kier molecular flexibility index (Phi) is 4.22. The first-order chi connectivity index (χ1) is 12.6. The molecule has 130 valence electrons. The molecule has 4 aromatic rings. The third-order valence-corrected chi connectivity index (χ3v) is 4.80. The average Bonchev–Trinajstić information content (AvgIpc) is 3.29. The minimum atomic E-state index is -0.190. The van der Waals surface area contributed by atoms with Crippen molar-refractivity contribution in [3.05, 3.63) is 83.3 Å². The van der Waals surface area contributed by atoms with Crippen LogP contribution < -0.4 is 5.32 Å². The van der Waals surface area contributed by atoms with Gasteiger partial charge in [0.15, 0.2) is 0 Å². The van der Waals surface area contributed by atoms with E-state index in [0.717, 1.165) is 22.2 Å². The van der Waals surface area contributed by atoms with Crippen molar-refractivity contribution in [3.63, 3.8) is 0 Å². The van der Waals surface area contributed by atoms with Gasteiger partial charge in [-0.1, -0.05) is 41.9 Å². The minimum absolute atomic E-state index is 0.190. The zero-order chi connectivity index (χ0) is 18.1. The summed E-state index contributed by atoms with van der Waals surface area (Å²) in [7, 11) is 1.85. The molecule has 1 N–H and O–H groups in total. The molecule has 2 aromatic heterocycles. The SMILES string of the molecule is Cn1c(C(=O)NCc2ccc(-n3cccn3)cc2)c(Cl)c2ccccc21. The number of carbonyl (C=O) groups excluding carboxylic acids is 1. The van der Waals surface area contributed by atoms with Crippen LogP contribution in [0.3, 0.4) is 0 Å². The summed E-state index contributed by atoms with van der Waals surface area (Å²) in [6.45, 7) is 0.427. The van der Waals surface area contributed by atoms with Crippen molar-refractivity contribution in [3.8, 4) is 5.69 Å². The van der Waals surface area contributed by atoms with Crippen molar-refractivity contribution in [2.45, 2.75) is 6.54 Å². The Balaban J connectivity index is 1.51. The molecule has 0 saturated carbocycles. The van der Waals surface area contributed by atoms with E-state index in [1.807, 2.05) is 72.4 Å². The van der Waals surface area contributed by atoms with Crippen LogP contribution in [0.1, 0.15) is 16.1 Å². The van der Waals surface area contributed by atoms with Crippen molar-refractivity contribution in [2.75, 3.05) is 0 Å². The van der Waals surface area contributed by atoms with Crippen LogP contribution in [-0.2, 0) is 13.6 Å². The van der Waals surface area contributed by atoms with Crippen LogP contribution in [0.15, 0.2) is 67.0 Å². The van der Waals surface area contributed by atoms with E-state index in [9.17, 15) is 4.79 Å². The molecular formula is C20H17ClN4O. The largest absolute Gasteiger partial charge is 0.347 e. The maximum absolute atomic E-state index is 12.7. The van der Waals surface area contributed by atoms with Crippen molar-refractivity contribution >= 4 is 28.4 Å². The van der Waals surface area contributed by atoms with Gasteiger partial charge in [0.05, 0.1) is 10.7 Å². The molecule has 0 atom stereocenters. The molecule has 0 bridgehead atoms. The number of fused-ring (bicyclic) bond motifs is 1. The van der Waals surface area contributed by atoms with Gasteiger partial charge >= 0.3 is 0 Å². The summed E-state index contributed by atoms with van der Waals surface area (Å²) in [6, 6.07) is 17.5. The molecule has 0 fully saturated rings. The molecule has 2 aromatic carbocycles. The predicted molar refractivity (Wildman–Crippen MR) is 103 cm³/mol. The molecule has 4 rings (SSSR count). The highest BCUT2D eigenvalue weighted by Gasteiger charge is 2.19. The van der Waals surface area contributed by atoms with Gasteiger partial charge in [-0.05, 0) is 29.8 Å². The molecule has 0 aliphatic carbocycles. The average molecular weight is 365 g/mol. The Morgan fingerprint density at radius 2 is 1.88 bits per heavy atom. The smallest absolute Gasteiger partial charge is 0.269 e. The second kappa shape index (κ2) is 6.69. The Morgan fingerprint density at radius 1 is 1.12 bits per heavy atom. The van der Waals surface area contributed by atoms with Crippen LogP contribution >= 0.6 is 11.6 Å². The number of hydrogen-bond donors (Lipinski definition) is 1. The molecule has 0 aliphatic rings. The Labute approximate surface area is 155 Å². The van der Waals surface area contributed by atoms with E-state index >= 15 is 0 Å². The van der Waals surface area contributed by atoms with Gasteiger partial charge in [0, 0.05) is 36.9 Å². The van der Waals surface area contributed by atoms with E-state index in [1.165, 1.54) is 0 Å². The van der Waals surface area contributed by atoms with Crippen LogP contribution in [0.5, 0.6) is 0 Å². The summed E-state index contributed by atoms with van der Waals surface area (Å²) in [6.07, 6.45) is 3.63. The van der Waals surface area contributed by atoms with Crippen LogP contribution in [0.4, 0.5) is 0 Å². The Hall–Kier alpha value is -3.05. The van der Waals surface area contributed by atoms with E-state index < -0.39 is 0 Å². The van der Waals surface area contributed by atoms with Gasteiger partial charge < -0.3 is 9.88 Å². The lowest BCUT2D eigenvalue weighted by atomic mass is 10.2. The number of hydrogen-bond acceptors (Lipinski definition) is 2. The zero-order valence-corrected chi connectivity index (χ0v) is 14.9. The minimum Gasteiger partial charge on any atom is -0.347 e. The standard InChI is InChI=1S/C20H17ClN4O/c1-24-17-6-3-2-5-16(17)18(21)19(24)20(26)22-13-14-7-9-15(10-8-14)25-12-4-11-23-25/h2-12H,13H2,1H3,(H,22,26). The quantitative estimate of drug-likeness (QED) is 0.596. The van der Waals surface area contributed by atoms with Crippen LogP contribution in [-0.4, -0.2) is 20.3 Å². The van der Waals surface area contributed by atoms with Gasteiger partial charge in [-0.25, -0.2) is 4.68 Å². The number of halogens is 1. The fourth-order valence-corrected chi connectivity index (χ4v) is 3.43. The number of aromatic nitrogens is 3. The normalized spacial score (nSPS) is 11.0. The molecule has 0 saturated heterocycles. The topological polar surface area (TPSA) is 51.9 Å². The molecule has 0 radical (unpaired) electrons. The van der Waals surface area contributed by atoms with Crippen LogP contribution in [0.25, 0.3) is 16.6 Å². The van der Waals surface area contributed by atoms with E-state index in [2.05, 4.69) is 10.4 Å². The van der Waals surface area contributed by atoms with Crippen molar-refractivity contribution in [2.24, 2.45) is 7.05 Å². The number of amides is 1. The second-order valence-corrected chi connectivity index (χ2v) is 6.42. The fraction of sp³-hybridized carbons (Fsp3) is 0.100. The lowest BCUT2D eigenvalue weighted by Gasteiger charge is -2.08. The highest BCUT2D eigenvalue weighted by atomic mass is 35.5. The number of carbonyl (C=O) groups is 1. The maximum Gasteiger partial charge on any atom is 0.269 e. The number of para-hydroxylation sites is 1. The number of benzene rings is 2. The Morgan fingerprint density at radius 3 is 2.58 bits per heavy atom. The lowest BCUT2D eigenvalue weighted by Crippen LogP contribution is -2.25. The predicted octanol–water partition coefficient (Wildman–Crippen LogP) is 3.95. The van der Waals surface area contributed by atoms with Crippen LogP contribution in [0, 0.1) is 0 Å².